The lowest BCUT2D eigenvalue weighted by atomic mass is 9.85. The van der Waals surface area contributed by atoms with Crippen molar-refractivity contribution in [2.24, 2.45) is 0 Å². The van der Waals surface area contributed by atoms with Crippen LogP contribution in [0.2, 0.25) is 0 Å². The summed E-state index contributed by atoms with van der Waals surface area (Å²) in [5.74, 6) is 2.52. The van der Waals surface area contributed by atoms with E-state index in [4.69, 9.17) is 9.72 Å². The zero-order valence-corrected chi connectivity index (χ0v) is 35.7. The van der Waals surface area contributed by atoms with Gasteiger partial charge in [0.2, 0.25) is 11.4 Å². The van der Waals surface area contributed by atoms with Gasteiger partial charge in [0.05, 0.1) is 11.0 Å². The highest BCUT2D eigenvalue weighted by Gasteiger charge is 2.78. The number of hydrogen-bond donors (Lipinski definition) is 0. The Labute approximate surface area is 348 Å². The van der Waals surface area contributed by atoms with Crippen LogP contribution in [0.25, 0.3) is 38.8 Å². The summed E-state index contributed by atoms with van der Waals surface area (Å²) in [5, 5.41) is 2.36. The van der Waals surface area contributed by atoms with Crippen LogP contribution in [0.1, 0.15) is 79.0 Å². The SMILES string of the molecule is CC(C)(C)c1cc(Oc2ccc3c4ccccc4n(-c4cc(C(C)(C)C)ccn4)c3c2)cc([N+]23[CH-][N@+]2(c2cccc(-c4ccccc4)c2)c2ccc(C(C)(C)C)cc23)c1. The van der Waals surface area contributed by atoms with Crippen LogP contribution >= 0.6 is 0 Å². The Kier molecular flexibility index (Phi) is 8.05. The number of fused-ring (bicyclic) bond motifs is 7. The van der Waals surface area contributed by atoms with Crippen molar-refractivity contribution in [2.45, 2.75) is 78.6 Å². The van der Waals surface area contributed by atoms with Gasteiger partial charge in [0.15, 0.2) is 18.0 Å². The highest BCUT2D eigenvalue weighted by molar-refractivity contribution is 6.09. The van der Waals surface area contributed by atoms with Crippen LogP contribution in [0.4, 0.5) is 22.7 Å². The van der Waals surface area contributed by atoms with Crippen molar-refractivity contribution in [1.82, 2.24) is 18.7 Å². The zero-order chi connectivity index (χ0) is 41.1. The summed E-state index contributed by atoms with van der Waals surface area (Å²) in [7, 11) is 0. The lowest BCUT2D eigenvalue weighted by Gasteiger charge is -2.41. The molecule has 4 heterocycles. The molecule has 0 bridgehead atoms. The van der Waals surface area contributed by atoms with E-state index in [1.165, 1.54) is 61.3 Å². The van der Waals surface area contributed by atoms with Crippen molar-refractivity contribution >= 4 is 44.6 Å². The Morgan fingerprint density at radius 3 is 1.92 bits per heavy atom. The lowest BCUT2D eigenvalue weighted by Crippen LogP contribution is -2.46. The minimum atomic E-state index is -0.119. The molecule has 294 valence electrons. The van der Waals surface area contributed by atoms with Gasteiger partial charge in [-0.3, -0.25) is 4.57 Å². The first-order valence-electron chi connectivity index (χ1n) is 20.9. The fraction of sp³-hybridized carbons (Fsp3) is 0.222. The van der Waals surface area contributed by atoms with Crippen LogP contribution in [0.15, 0.2) is 152 Å². The van der Waals surface area contributed by atoms with Gasteiger partial charge in [-0.1, -0.05) is 129 Å². The second kappa shape index (κ2) is 12.7. The number of rotatable bonds is 6. The van der Waals surface area contributed by atoms with Gasteiger partial charge in [-0.05, 0) is 80.5 Å². The second-order valence-electron chi connectivity index (χ2n) is 19.6. The molecular weight excluding hydrogens is 721 g/mol. The molecule has 8 aromatic rings. The second-order valence-corrected chi connectivity index (χ2v) is 19.6. The minimum Gasteiger partial charge on any atom is -0.457 e. The normalized spacial score (nSPS) is 18.7. The highest BCUT2D eigenvalue weighted by Crippen LogP contribution is 2.76. The van der Waals surface area contributed by atoms with E-state index in [0.717, 1.165) is 28.4 Å². The van der Waals surface area contributed by atoms with E-state index < -0.39 is 0 Å². The van der Waals surface area contributed by atoms with Crippen molar-refractivity contribution in [1.29, 1.82) is 0 Å². The van der Waals surface area contributed by atoms with Crippen molar-refractivity contribution in [3.8, 4) is 28.4 Å². The third kappa shape index (κ3) is 5.78. The molecule has 1 saturated heterocycles. The topological polar surface area (TPSA) is 27.1 Å². The smallest absolute Gasteiger partial charge is 0.225 e. The predicted molar refractivity (Wildman–Crippen MR) is 247 cm³/mol. The summed E-state index contributed by atoms with van der Waals surface area (Å²) in [5.41, 5.74) is 13.4. The van der Waals surface area contributed by atoms with Crippen LogP contribution in [0.3, 0.4) is 0 Å². The Bertz CT molecular complexity index is 2960. The van der Waals surface area contributed by atoms with Crippen LogP contribution in [0, 0.1) is 6.67 Å². The van der Waals surface area contributed by atoms with E-state index >= 15 is 0 Å². The standard InChI is InChI=1S/C54H53N4O/c1-52(2,3)38-22-25-49-50(31-38)58(35-57(49,58)41-19-15-18-37(28-41)36-16-11-10-12-17-36)42-29-40(54(7,8)9)30-44(33-42)59-43-23-24-46-45-20-13-14-21-47(45)56(48(46)34-43)51-32-39(26-27-55-51)53(4,5)6/h10-35H,1-9H3/q+1/t57-,58?/m0/s1. The number of aromatic nitrogens is 2. The van der Waals surface area contributed by atoms with Crippen molar-refractivity contribution < 1.29 is 4.74 Å². The molecule has 0 spiro atoms. The molecule has 59 heavy (non-hydrogen) atoms. The van der Waals surface area contributed by atoms with Crippen molar-refractivity contribution in [2.75, 3.05) is 0 Å². The molecule has 5 heteroatoms. The molecule has 0 saturated carbocycles. The third-order valence-corrected chi connectivity index (χ3v) is 12.6. The van der Waals surface area contributed by atoms with E-state index in [2.05, 4.69) is 219 Å². The van der Waals surface area contributed by atoms with Gasteiger partial charge in [-0.15, -0.1) is 0 Å². The molecule has 2 aliphatic heterocycles. The van der Waals surface area contributed by atoms with E-state index in [9.17, 15) is 0 Å². The maximum Gasteiger partial charge on any atom is 0.225 e. The summed E-state index contributed by atoms with van der Waals surface area (Å²) in [6, 6.07) is 53.3. The molecule has 0 radical (unpaired) electrons. The molecule has 1 fully saturated rings. The van der Waals surface area contributed by atoms with Gasteiger partial charge in [0, 0.05) is 59.4 Å². The van der Waals surface area contributed by atoms with Crippen LogP contribution in [0.5, 0.6) is 11.5 Å². The van der Waals surface area contributed by atoms with Gasteiger partial charge in [-0.25, -0.2) is 4.98 Å². The summed E-state index contributed by atoms with van der Waals surface area (Å²) >= 11 is 0. The van der Waals surface area contributed by atoms with E-state index in [1.54, 1.807) is 0 Å². The third-order valence-electron chi connectivity index (χ3n) is 12.6. The van der Waals surface area contributed by atoms with E-state index in [0.29, 0.717) is 9.18 Å². The molecule has 5 nitrogen and oxygen atoms in total. The molecule has 2 aliphatic rings. The van der Waals surface area contributed by atoms with Crippen LogP contribution in [-0.4, -0.2) is 9.55 Å². The highest BCUT2D eigenvalue weighted by atomic mass is 16.5. The molecule has 2 atom stereocenters. The first-order chi connectivity index (χ1) is 28.1. The average Bonchev–Trinajstić information content (AvgIpc) is 3.71. The fourth-order valence-corrected chi connectivity index (χ4v) is 9.17. The molecular formula is C54H53N4O+. The average molecular weight is 774 g/mol. The molecule has 2 aromatic heterocycles. The quantitative estimate of drug-likeness (QED) is 0.0956. The molecule has 0 amide bonds. The van der Waals surface area contributed by atoms with Gasteiger partial charge in [0.1, 0.15) is 17.3 Å². The summed E-state index contributed by atoms with van der Waals surface area (Å²) in [6.45, 7) is 23.0. The number of nitrogens with zero attached hydrogens (tertiary/aromatic N) is 4. The van der Waals surface area contributed by atoms with Crippen LogP contribution < -0.4 is 13.9 Å². The first kappa shape index (κ1) is 37.3. The minimum absolute atomic E-state index is 0.00619. The monoisotopic (exact) mass is 773 g/mol. The number of para-hydroxylation sites is 1. The maximum atomic E-state index is 7.03. The number of quaternary nitrogens is 2. The lowest BCUT2D eigenvalue weighted by molar-refractivity contribution is 0.420. The Morgan fingerprint density at radius 1 is 0.475 bits per heavy atom. The molecule has 0 N–H and O–H groups in total. The van der Waals surface area contributed by atoms with E-state index in [1.807, 2.05) is 6.20 Å². The van der Waals surface area contributed by atoms with Gasteiger partial charge >= 0.3 is 0 Å². The maximum absolute atomic E-state index is 7.03. The van der Waals surface area contributed by atoms with E-state index in [-0.39, 0.29) is 16.2 Å². The molecule has 1 unspecified atom stereocenters. The molecule has 10 rings (SSSR count). The fourth-order valence-electron chi connectivity index (χ4n) is 9.17. The van der Waals surface area contributed by atoms with Crippen molar-refractivity contribution in [3.63, 3.8) is 0 Å². The molecule has 6 aromatic carbocycles. The van der Waals surface area contributed by atoms with Gasteiger partial charge in [0.25, 0.3) is 0 Å². The van der Waals surface area contributed by atoms with Crippen LogP contribution in [-0.2, 0) is 16.2 Å². The Morgan fingerprint density at radius 2 is 1.15 bits per heavy atom. The Hall–Kier alpha value is -6.01. The number of hydrogen-bond acceptors (Lipinski definition) is 2. The summed E-state index contributed by atoms with van der Waals surface area (Å²) in [4.78, 5) is 4.92. The molecule has 0 aliphatic carbocycles. The summed E-state index contributed by atoms with van der Waals surface area (Å²) in [6.07, 6.45) is 1.93. The Balaban J connectivity index is 1.12. The van der Waals surface area contributed by atoms with Gasteiger partial charge < -0.3 is 4.74 Å². The predicted octanol–water partition coefficient (Wildman–Crippen LogP) is 14.9. The zero-order valence-electron chi connectivity index (χ0n) is 35.7. The number of ether oxygens (including phenoxy) is 1. The largest absolute Gasteiger partial charge is 0.457 e. The first-order valence-corrected chi connectivity index (χ1v) is 20.9. The summed E-state index contributed by atoms with van der Waals surface area (Å²) < 4.78 is 10.5. The number of pyridine rings is 1. The van der Waals surface area contributed by atoms with Crippen molar-refractivity contribution in [3.05, 3.63) is 175 Å². The number of benzene rings is 6. The van der Waals surface area contributed by atoms with Gasteiger partial charge in [-0.2, -0.15) is 9.18 Å².